The predicted molar refractivity (Wildman–Crippen MR) is 65.6 cm³/mol. The molecule has 0 aromatic rings. The quantitative estimate of drug-likeness (QED) is 0.489. The zero-order valence-corrected chi connectivity index (χ0v) is 10.7. The summed E-state index contributed by atoms with van der Waals surface area (Å²) in [7, 11) is 1.90. The lowest BCUT2D eigenvalue weighted by atomic mass is 10.6. The van der Waals surface area contributed by atoms with E-state index in [0.29, 0.717) is 0 Å². The van der Waals surface area contributed by atoms with Gasteiger partial charge < -0.3 is 0 Å². The molecule has 76 valence electrons. The molecule has 0 amide bonds. The first-order valence-corrected chi connectivity index (χ1v) is 8.42. The third kappa shape index (κ3) is 8.75. The molecule has 0 saturated carbocycles. The molecule has 0 rings (SSSR count). The van der Waals surface area contributed by atoms with Crippen LogP contribution in [0.1, 0.15) is 13.3 Å². The molecule has 12 heavy (non-hydrogen) atoms. The minimum atomic E-state index is -0.261. The second-order valence-corrected chi connectivity index (χ2v) is 9.81. The van der Waals surface area contributed by atoms with Crippen LogP contribution < -0.4 is 0 Å². The van der Waals surface area contributed by atoms with Gasteiger partial charge in [-0.25, -0.2) is 10.0 Å². The molecule has 0 aliphatic heterocycles. The van der Waals surface area contributed by atoms with Crippen LogP contribution in [0.3, 0.4) is 0 Å². The summed E-state index contributed by atoms with van der Waals surface area (Å²) in [4.78, 5) is 0. The first kappa shape index (κ1) is 12.7. The standard InChI is InChI=1S/C9H23NS2/c1-6-10(2)11-8-7-9-12(3,4)5/h6-9H2,1-5H3. The average Bonchev–Trinajstić information content (AvgIpc) is 1.96. The summed E-state index contributed by atoms with van der Waals surface area (Å²) >= 11 is 1.96. The molecule has 0 aromatic heterocycles. The molecule has 0 fully saturated rings. The lowest BCUT2D eigenvalue weighted by Crippen LogP contribution is -2.09. The van der Waals surface area contributed by atoms with Crippen molar-refractivity contribution in [3.05, 3.63) is 0 Å². The van der Waals surface area contributed by atoms with Crippen LogP contribution in [0.2, 0.25) is 0 Å². The van der Waals surface area contributed by atoms with E-state index < -0.39 is 0 Å². The van der Waals surface area contributed by atoms with Gasteiger partial charge in [0, 0.05) is 12.3 Å². The van der Waals surface area contributed by atoms with Gasteiger partial charge in [0.25, 0.3) is 0 Å². The average molecular weight is 209 g/mol. The Morgan fingerprint density at radius 1 is 1.25 bits per heavy atom. The van der Waals surface area contributed by atoms with E-state index in [1.54, 1.807) is 0 Å². The molecule has 0 radical (unpaired) electrons. The van der Waals surface area contributed by atoms with Crippen molar-refractivity contribution in [2.75, 3.05) is 43.9 Å². The Kier molecular flexibility index (Phi) is 6.50. The maximum atomic E-state index is 2.39. The van der Waals surface area contributed by atoms with Gasteiger partial charge in [0.2, 0.25) is 0 Å². The Hall–Kier alpha value is 0.660. The zero-order chi connectivity index (χ0) is 9.61. The summed E-state index contributed by atoms with van der Waals surface area (Å²) in [6, 6.07) is 0. The molecule has 0 saturated heterocycles. The summed E-state index contributed by atoms with van der Waals surface area (Å²) in [6.45, 7) is 3.34. The van der Waals surface area contributed by atoms with Crippen molar-refractivity contribution < 1.29 is 0 Å². The van der Waals surface area contributed by atoms with Crippen molar-refractivity contribution in [3.8, 4) is 0 Å². The third-order valence-electron chi connectivity index (χ3n) is 1.66. The van der Waals surface area contributed by atoms with E-state index in [-0.39, 0.29) is 10.0 Å². The fourth-order valence-corrected chi connectivity index (χ4v) is 2.76. The predicted octanol–water partition coefficient (Wildman–Crippen LogP) is 2.67. The Bertz CT molecular complexity index is 110. The number of hydrogen-bond acceptors (Lipinski definition) is 2. The van der Waals surface area contributed by atoms with Gasteiger partial charge in [-0.3, -0.25) is 4.31 Å². The molecule has 3 heteroatoms. The summed E-state index contributed by atoms with van der Waals surface area (Å²) in [5, 5.41) is 0. The highest BCUT2D eigenvalue weighted by Gasteiger charge is 2.03. The van der Waals surface area contributed by atoms with E-state index in [1.807, 2.05) is 11.9 Å². The Morgan fingerprint density at radius 3 is 2.25 bits per heavy atom. The minimum Gasteiger partial charge on any atom is -0.254 e. The molecule has 0 N–H and O–H groups in total. The highest BCUT2D eigenvalue weighted by atomic mass is 32.3. The summed E-state index contributed by atoms with van der Waals surface area (Å²) in [5.74, 6) is 2.70. The number of rotatable bonds is 6. The molecule has 0 bridgehead atoms. The SMILES string of the molecule is CCN(C)SCCCS(C)(C)C. The van der Waals surface area contributed by atoms with Crippen LogP contribution in [0.4, 0.5) is 0 Å². The van der Waals surface area contributed by atoms with Crippen LogP contribution in [0.15, 0.2) is 0 Å². The summed E-state index contributed by atoms with van der Waals surface area (Å²) < 4.78 is 2.30. The van der Waals surface area contributed by atoms with E-state index in [0.717, 1.165) is 6.54 Å². The third-order valence-corrected chi connectivity index (χ3v) is 4.34. The van der Waals surface area contributed by atoms with Crippen molar-refractivity contribution in [3.63, 3.8) is 0 Å². The minimum absolute atomic E-state index is 0.261. The second kappa shape index (κ2) is 6.17. The monoisotopic (exact) mass is 209 g/mol. The molecular formula is C9H23NS2. The summed E-state index contributed by atoms with van der Waals surface area (Å²) in [5.41, 5.74) is 0. The van der Waals surface area contributed by atoms with Crippen molar-refractivity contribution in [2.45, 2.75) is 13.3 Å². The molecule has 0 spiro atoms. The van der Waals surface area contributed by atoms with E-state index in [1.165, 1.54) is 17.9 Å². The van der Waals surface area contributed by atoms with Crippen LogP contribution in [0.5, 0.6) is 0 Å². The van der Waals surface area contributed by atoms with Crippen LogP contribution >= 0.6 is 22.0 Å². The van der Waals surface area contributed by atoms with E-state index in [9.17, 15) is 0 Å². The zero-order valence-electron chi connectivity index (χ0n) is 9.09. The fraction of sp³-hybridized carbons (Fsp3) is 1.00. The molecular weight excluding hydrogens is 186 g/mol. The largest absolute Gasteiger partial charge is 0.254 e. The molecule has 0 aliphatic rings. The molecule has 1 nitrogen and oxygen atoms in total. The van der Waals surface area contributed by atoms with Gasteiger partial charge in [0.15, 0.2) is 0 Å². The highest BCUT2D eigenvalue weighted by Crippen LogP contribution is 2.35. The smallest absolute Gasteiger partial charge is 0.00880 e. The Balaban J connectivity index is 3.22. The van der Waals surface area contributed by atoms with E-state index in [4.69, 9.17) is 0 Å². The van der Waals surface area contributed by atoms with Gasteiger partial charge in [-0.15, -0.1) is 0 Å². The van der Waals surface area contributed by atoms with Gasteiger partial charge in [-0.05, 0) is 38.0 Å². The Morgan fingerprint density at radius 2 is 1.83 bits per heavy atom. The molecule has 0 heterocycles. The van der Waals surface area contributed by atoms with E-state index in [2.05, 4.69) is 37.0 Å². The first-order valence-electron chi connectivity index (χ1n) is 4.46. The topological polar surface area (TPSA) is 3.24 Å². The Labute approximate surface area is 83.7 Å². The molecule has 0 atom stereocenters. The first-order chi connectivity index (χ1) is 5.45. The van der Waals surface area contributed by atoms with Crippen molar-refractivity contribution in [1.29, 1.82) is 0 Å². The van der Waals surface area contributed by atoms with Gasteiger partial charge in [0.1, 0.15) is 0 Å². The fourth-order valence-electron chi connectivity index (χ4n) is 0.804. The lowest BCUT2D eigenvalue weighted by molar-refractivity contribution is 0.601. The van der Waals surface area contributed by atoms with Gasteiger partial charge in [0.05, 0.1) is 0 Å². The van der Waals surface area contributed by atoms with Crippen molar-refractivity contribution in [2.24, 2.45) is 0 Å². The molecule has 0 unspecified atom stereocenters. The van der Waals surface area contributed by atoms with E-state index >= 15 is 0 Å². The highest BCUT2D eigenvalue weighted by molar-refractivity contribution is 8.32. The molecule has 0 aliphatic carbocycles. The number of hydrogen-bond donors (Lipinski definition) is 0. The normalized spacial score (nSPS) is 13.8. The van der Waals surface area contributed by atoms with Crippen molar-refractivity contribution in [1.82, 2.24) is 4.31 Å². The van der Waals surface area contributed by atoms with Gasteiger partial charge in [-0.2, -0.15) is 0 Å². The van der Waals surface area contributed by atoms with Crippen molar-refractivity contribution >= 4 is 22.0 Å². The van der Waals surface area contributed by atoms with Gasteiger partial charge >= 0.3 is 0 Å². The van der Waals surface area contributed by atoms with Gasteiger partial charge in [-0.1, -0.05) is 18.9 Å². The molecule has 0 aromatic carbocycles. The van der Waals surface area contributed by atoms with Crippen LogP contribution in [-0.2, 0) is 0 Å². The maximum Gasteiger partial charge on any atom is 0.00880 e. The second-order valence-electron chi connectivity index (χ2n) is 3.93. The van der Waals surface area contributed by atoms with Crippen LogP contribution in [0, 0.1) is 0 Å². The summed E-state index contributed by atoms with van der Waals surface area (Å²) in [6.07, 6.45) is 8.54. The van der Waals surface area contributed by atoms with Crippen LogP contribution in [-0.4, -0.2) is 48.2 Å². The maximum absolute atomic E-state index is 2.39. The van der Waals surface area contributed by atoms with Crippen LogP contribution in [0.25, 0.3) is 0 Å². The lowest BCUT2D eigenvalue weighted by Gasteiger charge is -2.25. The number of nitrogens with zero attached hydrogens (tertiary/aromatic N) is 1.